The monoisotopic (exact) mass is 490 g/mol. The molecule has 3 aromatic carbocycles. The minimum atomic E-state index is -1.03. The molecule has 3 rings (SSSR count). The lowest BCUT2D eigenvalue weighted by Gasteiger charge is -2.15. The Balaban J connectivity index is 1.80. The van der Waals surface area contributed by atoms with Crippen molar-refractivity contribution in [3.8, 4) is 28.0 Å². The summed E-state index contributed by atoms with van der Waals surface area (Å²) in [6.07, 6.45) is 9.15. The summed E-state index contributed by atoms with van der Waals surface area (Å²) >= 11 is 0. The number of ether oxygens (including phenoxy) is 1. The van der Waals surface area contributed by atoms with Gasteiger partial charge in [-0.3, -0.25) is 0 Å². The first-order valence-corrected chi connectivity index (χ1v) is 13.3. The Bertz CT molecular complexity index is 1120. The summed E-state index contributed by atoms with van der Waals surface area (Å²) in [6, 6.07) is 17.9. The molecule has 0 fully saturated rings. The van der Waals surface area contributed by atoms with Crippen molar-refractivity contribution in [1.29, 1.82) is 0 Å². The van der Waals surface area contributed by atoms with Crippen LogP contribution in [0.5, 0.6) is 5.75 Å². The lowest BCUT2D eigenvalue weighted by Crippen LogP contribution is -2.01. The molecule has 1 N–H and O–H groups in total. The second-order valence-corrected chi connectivity index (χ2v) is 9.74. The van der Waals surface area contributed by atoms with E-state index < -0.39 is 5.97 Å². The van der Waals surface area contributed by atoms with Crippen molar-refractivity contribution in [2.24, 2.45) is 5.92 Å². The summed E-state index contributed by atoms with van der Waals surface area (Å²) in [5, 5.41) is 9.55. The zero-order valence-corrected chi connectivity index (χ0v) is 21.9. The van der Waals surface area contributed by atoms with Gasteiger partial charge in [-0.2, -0.15) is 0 Å². The Hall–Kier alpha value is -3.14. The molecule has 0 spiro atoms. The van der Waals surface area contributed by atoms with Crippen molar-refractivity contribution in [2.75, 3.05) is 6.61 Å². The SMILES string of the molecule is CCCCCCCCOc1ccc(-c2ccc(C(=O)O)cc2-c2ccc(CC(C)CC)cc2F)cc1. The first-order valence-electron chi connectivity index (χ1n) is 13.3. The van der Waals surface area contributed by atoms with Gasteiger partial charge in [0.15, 0.2) is 0 Å². The van der Waals surface area contributed by atoms with Gasteiger partial charge in [0.25, 0.3) is 0 Å². The van der Waals surface area contributed by atoms with Crippen LogP contribution in [-0.4, -0.2) is 17.7 Å². The summed E-state index contributed by atoms with van der Waals surface area (Å²) in [6.45, 7) is 7.20. The van der Waals surface area contributed by atoms with Crippen LogP contribution in [0.3, 0.4) is 0 Å². The molecule has 0 aliphatic rings. The van der Waals surface area contributed by atoms with Crippen molar-refractivity contribution in [2.45, 2.75) is 72.1 Å². The summed E-state index contributed by atoms with van der Waals surface area (Å²) in [7, 11) is 0. The first kappa shape index (κ1) is 27.4. The van der Waals surface area contributed by atoms with Crippen LogP contribution in [0.4, 0.5) is 4.39 Å². The van der Waals surface area contributed by atoms with Gasteiger partial charge < -0.3 is 9.84 Å². The van der Waals surface area contributed by atoms with Crippen LogP contribution in [0, 0.1) is 11.7 Å². The highest BCUT2D eigenvalue weighted by molar-refractivity contribution is 5.93. The predicted octanol–water partition coefficient (Wildman–Crippen LogP) is 9.19. The van der Waals surface area contributed by atoms with Crippen molar-refractivity contribution in [1.82, 2.24) is 0 Å². The van der Waals surface area contributed by atoms with Gasteiger partial charge in [0.2, 0.25) is 0 Å². The molecule has 3 nitrogen and oxygen atoms in total. The van der Waals surface area contributed by atoms with E-state index in [9.17, 15) is 9.90 Å². The number of carboxylic acid groups (broad SMARTS) is 1. The molecule has 0 aromatic heterocycles. The number of carbonyl (C=O) groups is 1. The van der Waals surface area contributed by atoms with Gasteiger partial charge in [-0.05, 0) is 71.3 Å². The maximum absolute atomic E-state index is 15.3. The fourth-order valence-corrected chi connectivity index (χ4v) is 4.41. The van der Waals surface area contributed by atoms with Gasteiger partial charge in [-0.1, -0.05) is 89.6 Å². The van der Waals surface area contributed by atoms with Crippen LogP contribution in [0.25, 0.3) is 22.3 Å². The summed E-state index contributed by atoms with van der Waals surface area (Å²) in [4.78, 5) is 11.7. The van der Waals surface area contributed by atoms with E-state index >= 15 is 4.39 Å². The summed E-state index contributed by atoms with van der Waals surface area (Å²) in [5.74, 6) is -0.0898. The number of hydrogen-bond acceptors (Lipinski definition) is 2. The molecule has 0 saturated heterocycles. The quantitative estimate of drug-likeness (QED) is 0.229. The number of carboxylic acids is 1. The molecule has 0 bridgehead atoms. The number of benzene rings is 3. The molecule has 4 heteroatoms. The fraction of sp³-hybridized carbons (Fsp3) is 0.406. The molecule has 0 heterocycles. The van der Waals surface area contributed by atoms with Crippen molar-refractivity contribution >= 4 is 5.97 Å². The van der Waals surface area contributed by atoms with Crippen molar-refractivity contribution < 1.29 is 19.0 Å². The number of unbranched alkanes of at least 4 members (excludes halogenated alkanes) is 5. The lowest BCUT2D eigenvalue weighted by atomic mass is 9.91. The van der Waals surface area contributed by atoms with E-state index in [1.165, 1.54) is 32.1 Å². The van der Waals surface area contributed by atoms with Gasteiger partial charge in [0, 0.05) is 5.56 Å². The van der Waals surface area contributed by atoms with E-state index in [-0.39, 0.29) is 11.4 Å². The molecule has 3 aromatic rings. The molecule has 0 amide bonds. The highest BCUT2D eigenvalue weighted by Crippen LogP contribution is 2.36. The van der Waals surface area contributed by atoms with Gasteiger partial charge in [0.05, 0.1) is 12.2 Å². The molecule has 0 saturated carbocycles. The third-order valence-electron chi connectivity index (χ3n) is 6.80. The van der Waals surface area contributed by atoms with Gasteiger partial charge >= 0.3 is 5.97 Å². The van der Waals surface area contributed by atoms with E-state index in [1.807, 2.05) is 30.3 Å². The van der Waals surface area contributed by atoms with Gasteiger partial charge in [0.1, 0.15) is 11.6 Å². The lowest BCUT2D eigenvalue weighted by molar-refractivity contribution is 0.0697. The molecule has 192 valence electrons. The van der Waals surface area contributed by atoms with Crippen LogP contribution >= 0.6 is 0 Å². The number of aromatic carboxylic acids is 1. The second-order valence-electron chi connectivity index (χ2n) is 9.74. The van der Waals surface area contributed by atoms with Crippen molar-refractivity contribution in [3.63, 3.8) is 0 Å². The number of hydrogen-bond donors (Lipinski definition) is 1. The zero-order valence-electron chi connectivity index (χ0n) is 21.9. The third-order valence-corrected chi connectivity index (χ3v) is 6.80. The molecule has 0 aliphatic heterocycles. The van der Waals surface area contributed by atoms with Gasteiger partial charge in [-0.15, -0.1) is 0 Å². The molecule has 36 heavy (non-hydrogen) atoms. The number of halogens is 1. The van der Waals surface area contributed by atoms with E-state index in [1.54, 1.807) is 30.3 Å². The Kier molecular flexibility index (Phi) is 10.5. The van der Waals surface area contributed by atoms with Crippen LogP contribution < -0.4 is 4.74 Å². The maximum Gasteiger partial charge on any atom is 0.335 e. The molecule has 1 unspecified atom stereocenters. The summed E-state index contributed by atoms with van der Waals surface area (Å²) < 4.78 is 21.2. The Morgan fingerprint density at radius 2 is 1.56 bits per heavy atom. The predicted molar refractivity (Wildman–Crippen MR) is 146 cm³/mol. The molecule has 0 aliphatic carbocycles. The summed E-state index contributed by atoms with van der Waals surface area (Å²) in [5.41, 5.74) is 3.74. The van der Waals surface area contributed by atoms with Crippen LogP contribution in [0.15, 0.2) is 60.7 Å². The maximum atomic E-state index is 15.3. The minimum Gasteiger partial charge on any atom is -0.494 e. The van der Waals surface area contributed by atoms with Crippen molar-refractivity contribution in [3.05, 3.63) is 77.6 Å². The highest BCUT2D eigenvalue weighted by atomic mass is 19.1. The standard InChI is InChI=1S/C32H39FO3/c1-4-6-7-8-9-10-19-36-27-15-12-25(13-16-27)28-18-14-26(32(34)35)22-30(28)29-17-11-24(21-31(29)33)20-23(3)5-2/h11-18,21-23H,4-10,19-20H2,1-3H3,(H,34,35). The molecule has 0 radical (unpaired) electrons. The highest BCUT2D eigenvalue weighted by Gasteiger charge is 2.16. The van der Waals surface area contributed by atoms with E-state index in [0.717, 1.165) is 41.7 Å². The van der Waals surface area contributed by atoms with E-state index in [0.29, 0.717) is 23.7 Å². The van der Waals surface area contributed by atoms with E-state index in [2.05, 4.69) is 20.8 Å². The second kappa shape index (κ2) is 13.8. The third kappa shape index (κ3) is 7.68. The van der Waals surface area contributed by atoms with E-state index in [4.69, 9.17) is 4.74 Å². The Labute approximate surface area is 215 Å². The Morgan fingerprint density at radius 1 is 0.861 bits per heavy atom. The molecular formula is C32H39FO3. The molecule has 1 atom stereocenters. The zero-order chi connectivity index (χ0) is 25.9. The molecular weight excluding hydrogens is 451 g/mol. The topological polar surface area (TPSA) is 46.5 Å². The minimum absolute atomic E-state index is 0.135. The average Bonchev–Trinajstić information content (AvgIpc) is 2.88. The first-order chi connectivity index (χ1) is 17.4. The number of rotatable bonds is 14. The average molecular weight is 491 g/mol. The smallest absolute Gasteiger partial charge is 0.335 e. The normalized spacial score (nSPS) is 11.9. The largest absolute Gasteiger partial charge is 0.494 e. The van der Waals surface area contributed by atoms with Crippen LogP contribution in [-0.2, 0) is 6.42 Å². The fourth-order valence-electron chi connectivity index (χ4n) is 4.41. The Morgan fingerprint density at radius 3 is 2.22 bits per heavy atom. The van der Waals surface area contributed by atoms with Crippen LogP contribution in [0.2, 0.25) is 0 Å². The van der Waals surface area contributed by atoms with Gasteiger partial charge in [-0.25, -0.2) is 9.18 Å². The van der Waals surface area contributed by atoms with Crippen LogP contribution in [0.1, 0.15) is 81.6 Å².